The van der Waals surface area contributed by atoms with E-state index in [-0.39, 0.29) is 0 Å². The molecule has 1 aromatic heterocycles. The first-order valence-corrected chi connectivity index (χ1v) is 4.55. The maximum atomic E-state index is 5.24. The van der Waals surface area contributed by atoms with Gasteiger partial charge in [-0.25, -0.2) is 0 Å². The smallest absolute Gasteiger partial charge is 0.321 e. The van der Waals surface area contributed by atoms with Gasteiger partial charge in [0.15, 0.2) is 5.82 Å². The number of aromatic nitrogens is 2. The monoisotopic (exact) mass is 183 g/mol. The predicted molar refractivity (Wildman–Crippen MR) is 46.6 cm³/mol. The molecule has 0 bridgehead atoms. The van der Waals surface area contributed by atoms with Gasteiger partial charge in [-0.3, -0.25) is 0 Å². The topological polar surface area (TPSA) is 60.2 Å². The minimum atomic E-state index is 0.316. The second-order valence-electron chi connectivity index (χ2n) is 3.05. The Morgan fingerprint density at radius 3 is 3.23 bits per heavy atom. The molecule has 0 radical (unpaired) electrons. The lowest BCUT2D eigenvalue weighted by Gasteiger charge is -1.97. The molecule has 5 nitrogen and oxygen atoms in total. The summed E-state index contributed by atoms with van der Waals surface area (Å²) in [6.07, 6.45) is 0.991. The Labute approximate surface area is 76.5 Å². The first kappa shape index (κ1) is 8.50. The number of hydrogen-bond acceptors (Lipinski definition) is 5. The largest absolute Gasteiger partial charge is 0.381 e. The first-order chi connectivity index (χ1) is 6.40. The number of nitrogens with one attached hydrogen (secondary N) is 1. The molecule has 0 aliphatic carbocycles. The highest BCUT2D eigenvalue weighted by atomic mass is 16.5. The molecule has 0 aromatic carbocycles. The summed E-state index contributed by atoms with van der Waals surface area (Å²) in [6.45, 7) is 4.30. The molecule has 2 heterocycles. The van der Waals surface area contributed by atoms with E-state index in [1.165, 1.54) is 0 Å². The van der Waals surface area contributed by atoms with Crippen molar-refractivity contribution in [2.75, 3.05) is 25.1 Å². The molecule has 2 rings (SSSR count). The van der Waals surface area contributed by atoms with Gasteiger partial charge >= 0.3 is 6.01 Å². The van der Waals surface area contributed by atoms with E-state index in [2.05, 4.69) is 15.5 Å². The maximum absolute atomic E-state index is 5.24. The number of nitrogens with zero attached hydrogens (tertiary/aromatic N) is 2. The van der Waals surface area contributed by atoms with Crippen LogP contribution in [-0.2, 0) is 4.74 Å². The fraction of sp³-hybridized carbons (Fsp3) is 0.750. The van der Waals surface area contributed by atoms with Gasteiger partial charge in [-0.05, 0) is 13.3 Å². The Kier molecular flexibility index (Phi) is 2.44. The molecule has 72 valence electrons. The van der Waals surface area contributed by atoms with Crippen molar-refractivity contribution in [1.29, 1.82) is 0 Å². The van der Waals surface area contributed by atoms with Gasteiger partial charge in [0.05, 0.1) is 6.61 Å². The van der Waals surface area contributed by atoms with Crippen LogP contribution in [0.25, 0.3) is 0 Å². The quantitative estimate of drug-likeness (QED) is 0.757. The number of hydrogen-bond donors (Lipinski definition) is 1. The van der Waals surface area contributed by atoms with Crippen LogP contribution in [0.1, 0.15) is 25.1 Å². The van der Waals surface area contributed by atoms with Crippen LogP contribution < -0.4 is 5.32 Å². The lowest BCUT2D eigenvalue weighted by molar-refractivity contribution is 0.192. The van der Waals surface area contributed by atoms with E-state index in [1.54, 1.807) is 0 Å². The molecule has 0 spiro atoms. The van der Waals surface area contributed by atoms with Gasteiger partial charge in [0.1, 0.15) is 0 Å². The van der Waals surface area contributed by atoms with Crippen LogP contribution in [0, 0.1) is 0 Å². The molecular weight excluding hydrogens is 170 g/mol. The van der Waals surface area contributed by atoms with E-state index in [1.807, 2.05) is 6.92 Å². The van der Waals surface area contributed by atoms with Gasteiger partial charge < -0.3 is 14.6 Å². The van der Waals surface area contributed by atoms with Crippen LogP contribution in [0.5, 0.6) is 0 Å². The number of anilines is 1. The Hall–Kier alpha value is -1.10. The van der Waals surface area contributed by atoms with Crippen molar-refractivity contribution in [3.8, 4) is 0 Å². The zero-order valence-corrected chi connectivity index (χ0v) is 7.62. The van der Waals surface area contributed by atoms with Crippen LogP contribution in [0.3, 0.4) is 0 Å². The summed E-state index contributed by atoms with van der Waals surface area (Å²) in [4.78, 5) is 4.21. The van der Waals surface area contributed by atoms with Crippen LogP contribution in [0.4, 0.5) is 6.01 Å². The molecule has 1 unspecified atom stereocenters. The van der Waals surface area contributed by atoms with Gasteiger partial charge in [-0.2, -0.15) is 4.98 Å². The van der Waals surface area contributed by atoms with E-state index in [9.17, 15) is 0 Å². The molecule has 1 atom stereocenters. The van der Waals surface area contributed by atoms with E-state index in [0.29, 0.717) is 18.5 Å². The van der Waals surface area contributed by atoms with Crippen molar-refractivity contribution in [3.63, 3.8) is 0 Å². The SMILES string of the molecule is CCNc1nc(C2CCOC2)no1. The summed E-state index contributed by atoms with van der Waals surface area (Å²) >= 11 is 0. The molecule has 1 saturated heterocycles. The molecule has 1 aromatic rings. The molecule has 5 heteroatoms. The van der Waals surface area contributed by atoms with Crippen LogP contribution >= 0.6 is 0 Å². The molecule has 1 aliphatic heterocycles. The summed E-state index contributed by atoms with van der Waals surface area (Å²) in [5.41, 5.74) is 0. The van der Waals surface area contributed by atoms with E-state index in [0.717, 1.165) is 25.4 Å². The molecular formula is C8H13N3O2. The van der Waals surface area contributed by atoms with E-state index in [4.69, 9.17) is 9.26 Å². The van der Waals surface area contributed by atoms with Crippen LogP contribution in [0.15, 0.2) is 4.52 Å². The highest BCUT2D eigenvalue weighted by Crippen LogP contribution is 2.23. The van der Waals surface area contributed by atoms with Crippen molar-refractivity contribution in [1.82, 2.24) is 10.1 Å². The Morgan fingerprint density at radius 2 is 2.54 bits per heavy atom. The van der Waals surface area contributed by atoms with Crippen LogP contribution in [0.2, 0.25) is 0 Å². The Balaban J connectivity index is 2.03. The van der Waals surface area contributed by atoms with Gasteiger partial charge in [0.2, 0.25) is 0 Å². The average molecular weight is 183 g/mol. The minimum Gasteiger partial charge on any atom is -0.381 e. The van der Waals surface area contributed by atoms with Crippen molar-refractivity contribution in [3.05, 3.63) is 5.82 Å². The first-order valence-electron chi connectivity index (χ1n) is 4.55. The summed E-state index contributed by atoms with van der Waals surface area (Å²) in [6, 6.07) is 0.504. The lowest BCUT2D eigenvalue weighted by Crippen LogP contribution is -2.01. The molecule has 13 heavy (non-hydrogen) atoms. The lowest BCUT2D eigenvalue weighted by atomic mass is 10.1. The zero-order chi connectivity index (χ0) is 9.10. The van der Waals surface area contributed by atoms with E-state index >= 15 is 0 Å². The molecule has 1 fully saturated rings. The Morgan fingerprint density at radius 1 is 1.62 bits per heavy atom. The second kappa shape index (κ2) is 3.74. The zero-order valence-electron chi connectivity index (χ0n) is 7.62. The molecule has 0 amide bonds. The third-order valence-corrected chi connectivity index (χ3v) is 2.06. The molecule has 1 N–H and O–H groups in total. The van der Waals surface area contributed by atoms with E-state index < -0.39 is 0 Å². The molecule has 0 saturated carbocycles. The third-order valence-electron chi connectivity index (χ3n) is 2.06. The van der Waals surface area contributed by atoms with Crippen LogP contribution in [-0.4, -0.2) is 29.9 Å². The van der Waals surface area contributed by atoms with Crippen molar-refractivity contribution >= 4 is 6.01 Å². The van der Waals surface area contributed by atoms with Gasteiger partial charge in [0.25, 0.3) is 0 Å². The van der Waals surface area contributed by atoms with Gasteiger partial charge in [0, 0.05) is 19.1 Å². The van der Waals surface area contributed by atoms with Gasteiger partial charge in [-0.1, -0.05) is 5.16 Å². The van der Waals surface area contributed by atoms with Gasteiger partial charge in [-0.15, -0.1) is 0 Å². The average Bonchev–Trinajstić information content (AvgIpc) is 2.70. The normalized spacial score (nSPS) is 22.1. The maximum Gasteiger partial charge on any atom is 0.321 e. The third kappa shape index (κ3) is 1.80. The van der Waals surface area contributed by atoms with Crippen molar-refractivity contribution in [2.24, 2.45) is 0 Å². The summed E-state index contributed by atoms with van der Waals surface area (Å²) < 4.78 is 10.2. The summed E-state index contributed by atoms with van der Waals surface area (Å²) in [5.74, 6) is 1.07. The van der Waals surface area contributed by atoms with Crippen molar-refractivity contribution < 1.29 is 9.26 Å². The minimum absolute atomic E-state index is 0.316. The van der Waals surface area contributed by atoms with Crippen molar-refractivity contribution in [2.45, 2.75) is 19.3 Å². The summed E-state index contributed by atoms with van der Waals surface area (Å²) in [5, 5.41) is 6.86. The predicted octanol–water partition coefficient (Wildman–Crippen LogP) is 1.01. The highest BCUT2D eigenvalue weighted by molar-refractivity contribution is 5.18. The fourth-order valence-electron chi connectivity index (χ4n) is 1.36. The highest BCUT2D eigenvalue weighted by Gasteiger charge is 2.22. The number of ether oxygens (including phenoxy) is 1. The molecule has 1 aliphatic rings. The fourth-order valence-corrected chi connectivity index (χ4v) is 1.36. The Bertz CT molecular complexity index is 268. The standard InChI is InChI=1S/C8H13N3O2/c1-2-9-8-10-7(11-13-8)6-3-4-12-5-6/h6H,2-5H2,1H3,(H,9,10,11). The second-order valence-corrected chi connectivity index (χ2v) is 3.05. The number of rotatable bonds is 3. The summed E-state index contributed by atoms with van der Waals surface area (Å²) in [7, 11) is 0.